The molecule has 2 amide bonds. The molecule has 9 nitrogen and oxygen atoms in total. The van der Waals surface area contributed by atoms with Crippen molar-refractivity contribution in [3.05, 3.63) is 39.9 Å². The summed E-state index contributed by atoms with van der Waals surface area (Å²) in [6, 6.07) is 3.95. The molecule has 1 aromatic rings. The highest BCUT2D eigenvalue weighted by Crippen LogP contribution is 2.26. The lowest BCUT2D eigenvalue weighted by molar-refractivity contribution is -0.384. The summed E-state index contributed by atoms with van der Waals surface area (Å²) in [5.41, 5.74) is -2.75. The Morgan fingerprint density at radius 1 is 1.44 bits per heavy atom. The van der Waals surface area contributed by atoms with Crippen molar-refractivity contribution in [1.82, 2.24) is 10.2 Å². The maximum Gasteiger partial charge on any atom is 0.343 e. The Morgan fingerprint density at radius 2 is 2.12 bits per heavy atom. The second kappa shape index (κ2) is 6.83. The molecule has 0 aromatic heterocycles. The van der Waals surface area contributed by atoms with Crippen LogP contribution in [0.3, 0.4) is 0 Å². The summed E-state index contributed by atoms with van der Waals surface area (Å²) in [6.45, 7) is 0.716. The highest BCUT2D eigenvalue weighted by molar-refractivity contribution is 5.98. The number of nitrogens with zero attached hydrogens (tertiary/aromatic N) is 2. The van der Waals surface area contributed by atoms with Crippen molar-refractivity contribution >= 4 is 23.5 Å². The van der Waals surface area contributed by atoms with Gasteiger partial charge in [-0.3, -0.25) is 19.7 Å². The third-order valence-electron chi connectivity index (χ3n) is 3.95. The van der Waals surface area contributed by atoms with Crippen molar-refractivity contribution in [2.24, 2.45) is 0 Å². The highest BCUT2D eigenvalue weighted by Gasteiger charge is 2.47. The molecule has 1 aromatic carbocycles. The van der Waals surface area contributed by atoms with E-state index >= 15 is 0 Å². The van der Waals surface area contributed by atoms with Crippen LogP contribution in [0.4, 0.5) is 10.1 Å². The second-order valence-corrected chi connectivity index (χ2v) is 5.78. The van der Waals surface area contributed by atoms with Crippen LogP contribution in [0, 0.1) is 10.1 Å². The van der Waals surface area contributed by atoms with Crippen molar-refractivity contribution in [2.45, 2.75) is 25.1 Å². The number of benzene rings is 1. The fraction of sp³-hybridized carbons (Fsp3) is 0.400. The zero-order valence-electron chi connectivity index (χ0n) is 13.3. The average Bonchev–Trinajstić information content (AvgIpc) is 2.98. The second-order valence-electron chi connectivity index (χ2n) is 5.78. The summed E-state index contributed by atoms with van der Waals surface area (Å²) in [6.07, 6.45) is -0.320. The quantitative estimate of drug-likeness (QED) is 0.593. The van der Waals surface area contributed by atoms with Gasteiger partial charge in [0.15, 0.2) is 0 Å². The zero-order chi connectivity index (χ0) is 18.8. The van der Waals surface area contributed by atoms with E-state index in [1.165, 1.54) is 25.1 Å². The number of carboxylic acid groups (broad SMARTS) is 1. The SMILES string of the molecule is CC(NC(=O)c1cccc([N+](=O)[O-])c1)C(=O)N1CCC(F)(C(=O)O)C1. The topological polar surface area (TPSA) is 130 Å². The number of nitrogens with one attached hydrogen (secondary N) is 1. The van der Waals surface area contributed by atoms with E-state index in [0.717, 1.165) is 11.0 Å². The predicted molar refractivity (Wildman–Crippen MR) is 82.7 cm³/mol. The smallest absolute Gasteiger partial charge is 0.343 e. The van der Waals surface area contributed by atoms with Gasteiger partial charge in [-0.15, -0.1) is 0 Å². The van der Waals surface area contributed by atoms with Gasteiger partial charge >= 0.3 is 5.97 Å². The molecule has 10 heteroatoms. The Labute approximate surface area is 141 Å². The van der Waals surface area contributed by atoms with E-state index < -0.39 is 41.0 Å². The molecule has 0 radical (unpaired) electrons. The first-order valence-electron chi connectivity index (χ1n) is 7.40. The fourth-order valence-corrected chi connectivity index (χ4v) is 2.51. The Bertz CT molecular complexity index is 740. The summed E-state index contributed by atoms with van der Waals surface area (Å²) in [7, 11) is 0. The number of hydrogen-bond acceptors (Lipinski definition) is 5. The molecule has 0 aliphatic carbocycles. The molecule has 0 bridgehead atoms. The normalized spacial score (nSPS) is 20.8. The van der Waals surface area contributed by atoms with E-state index in [1.807, 2.05) is 0 Å². The molecule has 1 fully saturated rings. The van der Waals surface area contributed by atoms with E-state index in [9.17, 15) is 28.9 Å². The van der Waals surface area contributed by atoms with Crippen molar-refractivity contribution in [2.75, 3.05) is 13.1 Å². The number of aliphatic carboxylic acids is 1. The van der Waals surface area contributed by atoms with Gasteiger partial charge in [-0.25, -0.2) is 9.18 Å². The van der Waals surface area contributed by atoms with Gasteiger partial charge < -0.3 is 15.3 Å². The number of likely N-dealkylation sites (tertiary alicyclic amines) is 1. The van der Waals surface area contributed by atoms with Gasteiger partial charge in [-0.05, 0) is 13.0 Å². The molecule has 2 rings (SSSR count). The van der Waals surface area contributed by atoms with Gasteiger partial charge in [0.25, 0.3) is 11.6 Å². The third kappa shape index (κ3) is 3.90. The van der Waals surface area contributed by atoms with Crippen LogP contribution in [0.25, 0.3) is 0 Å². The predicted octanol–water partition coefficient (Wildman–Crippen LogP) is 0.738. The van der Waals surface area contributed by atoms with Crippen LogP contribution >= 0.6 is 0 Å². The van der Waals surface area contributed by atoms with Crippen LogP contribution in [0.15, 0.2) is 24.3 Å². The summed E-state index contributed by atoms with van der Waals surface area (Å²) < 4.78 is 14.0. The lowest BCUT2D eigenvalue weighted by atomic mass is 10.1. The lowest BCUT2D eigenvalue weighted by Gasteiger charge is -2.22. The first kappa shape index (κ1) is 18.3. The monoisotopic (exact) mass is 353 g/mol. The fourth-order valence-electron chi connectivity index (χ4n) is 2.51. The number of carbonyl (C=O) groups is 3. The maximum atomic E-state index is 14.0. The summed E-state index contributed by atoms with van der Waals surface area (Å²) >= 11 is 0. The number of nitro groups is 1. The highest BCUT2D eigenvalue weighted by atomic mass is 19.1. The minimum absolute atomic E-state index is 0.000598. The van der Waals surface area contributed by atoms with E-state index in [4.69, 9.17) is 5.11 Å². The summed E-state index contributed by atoms with van der Waals surface area (Å²) in [4.78, 5) is 46.3. The number of hydrogen-bond donors (Lipinski definition) is 2. The van der Waals surface area contributed by atoms with E-state index in [1.54, 1.807) is 0 Å². The van der Waals surface area contributed by atoms with Gasteiger partial charge in [0, 0.05) is 30.7 Å². The molecule has 1 heterocycles. The number of nitro benzene ring substituents is 1. The Hall–Kier alpha value is -3.04. The van der Waals surface area contributed by atoms with E-state index in [0.29, 0.717) is 0 Å². The molecule has 2 N–H and O–H groups in total. The van der Waals surface area contributed by atoms with Crippen molar-refractivity contribution < 1.29 is 28.8 Å². The minimum atomic E-state index is -2.49. The number of halogens is 1. The van der Waals surface area contributed by atoms with Crippen LogP contribution in [-0.2, 0) is 9.59 Å². The van der Waals surface area contributed by atoms with Gasteiger partial charge in [-0.2, -0.15) is 0 Å². The molecule has 0 spiro atoms. The first-order chi connectivity index (χ1) is 11.6. The standard InChI is InChI=1S/C15H16FN3O6/c1-9(13(21)18-6-5-15(16,8-18)14(22)23)17-12(20)10-3-2-4-11(7-10)19(24)25/h2-4,7,9H,5-6,8H2,1H3,(H,17,20)(H,22,23). The number of carboxylic acids is 1. The number of alkyl halides is 1. The Kier molecular flexibility index (Phi) is 5.00. The lowest BCUT2D eigenvalue weighted by Crippen LogP contribution is -2.47. The molecule has 1 aliphatic heterocycles. The minimum Gasteiger partial charge on any atom is -0.479 e. The maximum absolute atomic E-state index is 14.0. The molecule has 1 saturated heterocycles. The number of rotatable bonds is 5. The first-order valence-corrected chi connectivity index (χ1v) is 7.40. The largest absolute Gasteiger partial charge is 0.479 e. The van der Waals surface area contributed by atoms with Gasteiger partial charge in [0.2, 0.25) is 11.6 Å². The Balaban J connectivity index is 2.02. The molecule has 2 atom stereocenters. The molecule has 1 aliphatic rings. The van der Waals surface area contributed by atoms with E-state index in [2.05, 4.69) is 5.32 Å². The van der Waals surface area contributed by atoms with Crippen molar-refractivity contribution in [3.63, 3.8) is 0 Å². The number of amides is 2. The molecule has 25 heavy (non-hydrogen) atoms. The van der Waals surface area contributed by atoms with Crippen molar-refractivity contribution in [1.29, 1.82) is 0 Å². The molecule has 134 valence electrons. The van der Waals surface area contributed by atoms with Crippen LogP contribution in [0.5, 0.6) is 0 Å². The Morgan fingerprint density at radius 3 is 2.68 bits per heavy atom. The molecular weight excluding hydrogens is 337 g/mol. The summed E-state index contributed by atoms with van der Waals surface area (Å²) in [5.74, 6) is -2.95. The van der Waals surface area contributed by atoms with Crippen LogP contribution in [-0.4, -0.2) is 57.5 Å². The van der Waals surface area contributed by atoms with Gasteiger partial charge in [0.1, 0.15) is 6.04 Å². The van der Waals surface area contributed by atoms with Crippen LogP contribution in [0.1, 0.15) is 23.7 Å². The third-order valence-corrected chi connectivity index (χ3v) is 3.95. The number of carbonyl (C=O) groups excluding carboxylic acids is 2. The zero-order valence-corrected chi connectivity index (χ0v) is 13.3. The van der Waals surface area contributed by atoms with Crippen molar-refractivity contribution in [3.8, 4) is 0 Å². The molecule has 2 unspecified atom stereocenters. The van der Waals surface area contributed by atoms with E-state index in [-0.39, 0.29) is 24.2 Å². The molecular formula is C15H16FN3O6. The number of non-ortho nitro benzene ring substituents is 1. The van der Waals surface area contributed by atoms with Gasteiger partial charge in [0.05, 0.1) is 11.5 Å². The summed E-state index contributed by atoms with van der Waals surface area (Å²) in [5, 5.41) is 21.9. The van der Waals surface area contributed by atoms with Crippen LogP contribution in [0.2, 0.25) is 0 Å². The van der Waals surface area contributed by atoms with Crippen LogP contribution < -0.4 is 5.32 Å². The molecule has 0 saturated carbocycles. The van der Waals surface area contributed by atoms with Gasteiger partial charge in [-0.1, -0.05) is 6.07 Å². The average molecular weight is 353 g/mol.